The fraction of sp³-hybridized carbons (Fsp3) is 0.111. The summed E-state index contributed by atoms with van der Waals surface area (Å²) in [5, 5.41) is 7.93. The van der Waals surface area contributed by atoms with Crippen LogP contribution in [-0.4, -0.2) is 16.6 Å². The molecule has 0 N–H and O–H groups in total. The van der Waals surface area contributed by atoms with Gasteiger partial charge in [0.05, 0.1) is 22.9 Å². The number of furan rings is 1. The molecule has 0 radical (unpaired) electrons. The number of rotatable bonds is 3. The summed E-state index contributed by atoms with van der Waals surface area (Å²) in [4.78, 5) is 13.8. The molecule has 0 saturated carbocycles. The number of hydrogen-bond donors (Lipinski definition) is 0. The van der Waals surface area contributed by atoms with E-state index < -0.39 is 0 Å². The first-order valence-corrected chi connectivity index (χ1v) is 8.34. The number of thiophene rings is 1. The zero-order chi connectivity index (χ0) is 16.5. The first-order valence-electron chi connectivity index (χ1n) is 7.46. The zero-order valence-corrected chi connectivity index (χ0v) is 13.4. The topological polar surface area (TPSA) is 45.8 Å². The number of carbonyl (C=O) groups is 1. The second-order valence-electron chi connectivity index (χ2n) is 5.42. The second-order valence-corrected chi connectivity index (χ2v) is 6.37. The van der Waals surface area contributed by atoms with Gasteiger partial charge in [0.2, 0.25) is 0 Å². The molecule has 2 aromatic heterocycles. The SMILES string of the molecule is O=C(c1ccco1)N1N=C(c2cccs2)C[C@H]1c1ccc(F)cc1. The third-order valence-electron chi connectivity index (χ3n) is 3.91. The summed E-state index contributed by atoms with van der Waals surface area (Å²) in [6, 6.07) is 13.1. The summed E-state index contributed by atoms with van der Waals surface area (Å²) in [7, 11) is 0. The van der Waals surface area contributed by atoms with Crippen LogP contribution in [-0.2, 0) is 0 Å². The van der Waals surface area contributed by atoms with Crippen molar-refractivity contribution < 1.29 is 13.6 Å². The number of hydrazone groups is 1. The largest absolute Gasteiger partial charge is 0.459 e. The average Bonchev–Trinajstić information content (AvgIpc) is 3.34. The van der Waals surface area contributed by atoms with Crippen molar-refractivity contribution in [2.75, 3.05) is 0 Å². The van der Waals surface area contributed by atoms with E-state index in [-0.39, 0.29) is 23.5 Å². The van der Waals surface area contributed by atoms with Crippen LogP contribution in [0.15, 0.2) is 69.7 Å². The molecule has 1 aliphatic heterocycles. The van der Waals surface area contributed by atoms with Gasteiger partial charge in [-0.3, -0.25) is 4.79 Å². The van der Waals surface area contributed by atoms with Crippen molar-refractivity contribution >= 4 is 23.0 Å². The summed E-state index contributed by atoms with van der Waals surface area (Å²) in [5.74, 6) is -0.376. The van der Waals surface area contributed by atoms with Crippen molar-refractivity contribution in [3.05, 3.63) is 82.2 Å². The van der Waals surface area contributed by atoms with Crippen LogP contribution in [0.3, 0.4) is 0 Å². The molecule has 0 unspecified atom stereocenters. The second kappa shape index (κ2) is 6.05. The minimum absolute atomic E-state index is 0.235. The van der Waals surface area contributed by atoms with Gasteiger partial charge < -0.3 is 4.42 Å². The molecule has 1 aliphatic rings. The van der Waals surface area contributed by atoms with Gasteiger partial charge in [0, 0.05) is 6.42 Å². The van der Waals surface area contributed by atoms with Crippen molar-refractivity contribution in [1.29, 1.82) is 0 Å². The summed E-state index contributed by atoms with van der Waals surface area (Å²) < 4.78 is 18.4. The van der Waals surface area contributed by atoms with E-state index in [1.165, 1.54) is 23.4 Å². The fourth-order valence-electron chi connectivity index (χ4n) is 2.75. The van der Waals surface area contributed by atoms with Gasteiger partial charge in [0.15, 0.2) is 5.76 Å². The number of amides is 1. The fourth-order valence-corrected chi connectivity index (χ4v) is 3.47. The number of benzene rings is 1. The maximum atomic E-state index is 13.2. The highest BCUT2D eigenvalue weighted by Gasteiger charge is 2.34. The van der Waals surface area contributed by atoms with Crippen LogP contribution in [0.2, 0.25) is 0 Å². The van der Waals surface area contributed by atoms with Crippen LogP contribution in [0.25, 0.3) is 0 Å². The predicted molar refractivity (Wildman–Crippen MR) is 89.5 cm³/mol. The van der Waals surface area contributed by atoms with Crippen molar-refractivity contribution in [3.8, 4) is 0 Å². The zero-order valence-electron chi connectivity index (χ0n) is 12.6. The lowest BCUT2D eigenvalue weighted by molar-refractivity contribution is 0.0678. The molecule has 0 bridgehead atoms. The monoisotopic (exact) mass is 340 g/mol. The van der Waals surface area contributed by atoms with Crippen LogP contribution in [0, 0.1) is 5.82 Å². The van der Waals surface area contributed by atoms with E-state index in [1.807, 2.05) is 17.5 Å². The lowest BCUT2D eigenvalue weighted by Crippen LogP contribution is -2.26. The van der Waals surface area contributed by atoms with Crippen LogP contribution < -0.4 is 0 Å². The first-order chi connectivity index (χ1) is 11.7. The Bertz CT molecular complexity index is 870. The molecule has 3 aromatic rings. The van der Waals surface area contributed by atoms with Gasteiger partial charge in [-0.15, -0.1) is 11.3 Å². The molecule has 4 rings (SSSR count). The van der Waals surface area contributed by atoms with Crippen LogP contribution in [0.1, 0.15) is 33.5 Å². The van der Waals surface area contributed by atoms with Gasteiger partial charge in [0.1, 0.15) is 5.82 Å². The van der Waals surface area contributed by atoms with Gasteiger partial charge >= 0.3 is 5.91 Å². The van der Waals surface area contributed by atoms with E-state index in [1.54, 1.807) is 35.6 Å². The van der Waals surface area contributed by atoms with Gasteiger partial charge in [0.25, 0.3) is 0 Å². The Hall–Kier alpha value is -2.73. The Kier molecular flexibility index (Phi) is 3.74. The molecule has 1 amide bonds. The highest BCUT2D eigenvalue weighted by molar-refractivity contribution is 7.12. The lowest BCUT2D eigenvalue weighted by atomic mass is 10.0. The molecular formula is C18H13FN2O2S. The van der Waals surface area contributed by atoms with Crippen molar-refractivity contribution in [3.63, 3.8) is 0 Å². The Morgan fingerprint density at radius 2 is 2.04 bits per heavy atom. The normalized spacial score (nSPS) is 17.1. The summed E-state index contributed by atoms with van der Waals surface area (Å²) in [6.45, 7) is 0. The van der Waals surface area contributed by atoms with Crippen molar-refractivity contribution in [2.24, 2.45) is 5.10 Å². The van der Waals surface area contributed by atoms with Crippen LogP contribution in [0.5, 0.6) is 0 Å². The lowest BCUT2D eigenvalue weighted by Gasteiger charge is -2.21. The molecule has 120 valence electrons. The van der Waals surface area contributed by atoms with Crippen molar-refractivity contribution in [2.45, 2.75) is 12.5 Å². The van der Waals surface area contributed by atoms with Gasteiger partial charge in [-0.1, -0.05) is 18.2 Å². The maximum Gasteiger partial charge on any atom is 0.310 e. The minimum Gasteiger partial charge on any atom is -0.459 e. The third kappa shape index (κ3) is 2.65. The summed E-state index contributed by atoms with van der Waals surface area (Å²) in [6.07, 6.45) is 2.04. The number of hydrogen-bond acceptors (Lipinski definition) is 4. The maximum absolute atomic E-state index is 13.2. The Labute approximate surface area is 141 Å². The van der Waals surface area contributed by atoms with Crippen LogP contribution in [0.4, 0.5) is 4.39 Å². The minimum atomic E-state index is -0.306. The van der Waals surface area contributed by atoms with Gasteiger partial charge in [-0.25, -0.2) is 9.40 Å². The highest BCUT2D eigenvalue weighted by atomic mass is 32.1. The molecule has 0 aliphatic carbocycles. The average molecular weight is 340 g/mol. The van der Waals surface area contributed by atoms with E-state index in [9.17, 15) is 9.18 Å². The van der Waals surface area contributed by atoms with E-state index in [0.717, 1.165) is 16.2 Å². The highest BCUT2D eigenvalue weighted by Crippen LogP contribution is 2.34. The molecule has 4 nitrogen and oxygen atoms in total. The molecule has 1 atom stereocenters. The molecule has 3 heterocycles. The Morgan fingerprint density at radius 3 is 2.71 bits per heavy atom. The third-order valence-corrected chi connectivity index (χ3v) is 4.83. The summed E-state index contributed by atoms with van der Waals surface area (Å²) in [5.41, 5.74) is 1.69. The standard InChI is InChI=1S/C18H13FN2O2S/c19-13-7-5-12(6-8-13)15-11-14(17-4-2-10-24-17)20-21(15)18(22)16-3-1-9-23-16/h1-10,15H,11H2/t15-/m0/s1. The molecule has 0 spiro atoms. The predicted octanol–water partition coefficient (Wildman–Crippen LogP) is 4.47. The van der Waals surface area contributed by atoms with E-state index in [4.69, 9.17) is 4.42 Å². The van der Waals surface area contributed by atoms with Gasteiger partial charge in [-0.05, 0) is 41.3 Å². The number of halogens is 1. The van der Waals surface area contributed by atoms with Crippen LogP contribution >= 0.6 is 11.3 Å². The molecular weight excluding hydrogens is 327 g/mol. The molecule has 24 heavy (non-hydrogen) atoms. The van der Waals surface area contributed by atoms with E-state index >= 15 is 0 Å². The molecule has 6 heteroatoms. The molecule has 1 aromatic carbocycles. The summed E-state index contributed by atoms with van der Waals surface area (Å²) >= 11 is 1.58. The molecule has 0 fully saturated rings. The quantitative estimate of drug-likeness (QED) is 0.706. The number of carbonyl (C=O) groups excluding carboxylic acids is 1. The number of nitrogens with zero attached hydrogens (tertiary/aromatic N) is 2. The first kappa shape index (κ1) is 14.8. The Morgan fingerprint density at radius 1 is 1.21 bits per heavy atom. The van der Waals surface area contributed by atoms with E-state index in [2.05, 4.69) is 5.10 Å². The molecule has 0 saturated heterocycles. The van der Waals surface area contributed by atoms with Crippen molar-refractivity contribution in [1.82, 2.24) is 5.01 Å². The van der Waals surface area contributed by atoms with Gasteiger partial charge in [-0.2, -0.15) is 5.10 Å². The smallest absolute Gasteiger partial charge is 0.310 e. The van der Waals surface area contributed by atoms with E-state index in [0.29, 0.717) is 6.42 Å². The Balaban J connectivity index is 1.72.